The molecular weight excluding hydrogens is 324 g/mol. The second kappa shape index (κ2) is 6.92. The fraction of sp³-hybridized carbons (Fsp3) is 0.412. The molecule has 2 aliphatic heterocycles. The van der Waals surface area contributed by atoms with Crippen LogP contribution < -0.4 is 20.9 Å². The lowest BCUT2D eigenvalue weighted by Crippen LogP contribution is -2.31. The van der Waals surface area contributed by atoms with Gasteiger partial charge in [0, 0.05) is 31.6 Å². The topological polar surface area (TPSA) is 108 Å². The summed E-state index contributed by atoms with van der Waals surface area (Å²) in [6.45, 7) is 3.10. The summed E-state index contributed by atoms with van der Waals surface area (Å²) < 4.78 is 0. The molecule has 0 spiro atoms. The zero-order valence-corrected chi connectivity index (χ0v) is 13.9. The van der Waals surface area contributed by atoms with Crippen molar-refractivity contribution in [3.63, 3.8) is 0 Å². The molecule has 8 nitrogen and oxygen atoms in total. The Labute approximate surface area is 144 Å². The van der Waals surface area contributed by atoms with E-state index in [1.54, 1.807) is 4.90 Å². The molecule has 132 valence electrons. The van der Waals surface area contributed by atoms with Gasteiger partial charge in [0.15, 0.2) is 0 Å². The molecule has 2 fully saturated rings. The number of anilines is 1. The minimum absolute atomic E-state index is 0.00601. The fourth-order valence-corrected chi connectivity index (χ4v) is 3.04. The lowest BCUT2D eigenvalue weighted by atomic mass is 10.0. The highest BCUT2D eigenvalue weighted by Gasteiger charge is 2.32. The first-order chi connectivity index (χ1) is 11.9. The number of nitrogens with one attached hydrogen (secondary N) is 3. The number of imide groups is 1. The van der Waals surface area contributed by atoms with Crippen LogP contribution in [0.2, 0.25) is 0 Å². The summed E-state index contributed by atoms with van der Waals surface area (Å²) in [6, 6.07) is 7.04. The number of urea groups is 1. The van der Waals surface area contributed by atoms with Crippen molar-refractivity contribution in [1.29, 1.82) is 0 Å². The number of nitrogens with zero attached hydrogens (tertiary/aromatic N) is 1. The molecule has 2 atom stereocenters. The highest BCUT2D eigenvalue weighted by Crippen LogP contribution is 2.21. The van der Waals surface area contributed by atoms with Gasteiger partial charge in [0.05, 0.1) is 12.0 Å². The number of hydrogen-bond donors (Lipinski definition) is 3. The van der Waals surface area contributed by atoms with Crippen molar-refractivity contribution in [2.75, 3.05) is 18.0 Å². The molecule has 0 bridgehead atoms. The van der Waals surface area contributed by atoms with Crippen LogP contribution in [-0.4, -0.2) is 36.8 Å². The van der Waals surface area contributed by atoms with Crippen LogP contribution in [0.4, 0.5) is 10.5 Å². The number of rotatable bonds is 5. The molecule has 2 heterocycles. The van der Waals surface area contributed by atoms with Crippen LogP contribution in [0.25, 0.3) is 0 Å². The maximum atomic E-state index is 12.1. The van der Waals surface area contributed by atoms with E-state index in [-0.39, 0.29) is 42.6 Å². The van der Waals surface area contributed by atoms with Gasteiger partial charge in [-0.15, -0.1) is 0 Å². The quantitative estimate of drug-likeness (QED) is 0.674. The summed E-state index contributed by atoms with van der Waals surface area (Å²) in [5, 5.41) is 7.78. The molecule has 3 N–H and O–H groups in total. The molecule has 1 aromatic carbocycles. The van der Waals surface area contributed by atoms with E-state index in [2.05, 4.69) is 16.0 Å². The molecule has 5 amide bonds. The Hall–Kier alpha value is -2.90. The number of hydrogen-bond acceptors (Lipinski definition) is 4. The van der Waals surface area contributed by atoms with Crippen LogP contribution in [0.5, 0.6) is 0 Å². The first-order valence-electron chi connectivity index (χ1n) is 8.22. The van der Waals surface area contributed by atoms with Gasteiger partial charge in [-0.05, 0) is 24.6 Å². The first kappa shape index (κ1) is 16.9. The van der Waals surface area contributed by atoms with Gasteiger partial charge in [-0.1, -0.05) is 12.1 Å². The minimum Gasteiger partial charge on any atom is -0.350 e. The van der Waals surface area contributed by atoms with Gasteiger partial charge in [-0.2, -0.15) is 0 Å². The Morgan fingerprint density at radius 1 is 1.28 bits per heavy atom. The predicted molar refractivity (Wildman–Crippen MR) is 89.6 cm³/mol. The molecule has 2 unspecified atom stereocenters. The molecule has 25 heavy (non-hydrogen) atoms. The van der Waals surface area contributed by atoms with Crippen molar-refractivity contribution < 1.29 is 19.2 Å². The van der Waals surface area contributed by atoms with Crippen molar-refractivity contribution in [2.24, 2.45) is 5.92 Å². The van der Waals surface area contributed by atoms with Crippen LogP contribution in [0.15, 0.2) is 24.3 Å². The van der Waals surface area contributed by atoms with Gasteiger partial charge in [-0.25, -0.2) is 4.79 Å². The molecule has 0 saturated carbocycles. The number of carbonyl (C=O) groups is 4. The van der Waals surface area contributed by atoms with Crippen molar-refractivity contribution in [1.82, 2.24) is 16.0 Å². The second-order valence-corrected chi connectivity index (χ2v) is 6.28. The van der Waals surface area contributed by atoms with Crippen LogP contribution in [-0.2, 0) is 14.4 Å². The average Bonchev–Trinajstić information content (AvgIpc) is 3.12. The molecule has 0 aromatic heterocycles. The third-order valence-electron chi connectivity index (χ3n) is 4.44. The molecule has 0 aliphatic carbocycles. The number of amides is 5. The minimum atomic E-state index is -0.587. The molecule has 3 rings (SSSR count). The monoisotopic (exact) mass is 344 g/mol. The Balaban J connectivity index is 1.56. The highest BCUT2D eigenvalue weighted by molar-refractivity contribution is 6.04. The van der Waals surface area contributed by atoms with E-state index in [9.17, 15) is 19.2 Å². The fourth-order valence-electron chi connectivity index (χ4n) is 3.04. The zero-order valence-electron chi connectivity index (χ0n) is 13.9. The van der Waals surface area contributed by atoms with Gasteiger partial charge in [-0.3, -0.25) is 24.6 Å². The molecule has 1 aromatic rings. The SMILES string of the molecule is CC(NC(=O)CC1CC(=O)NC1=O)c1ccc(N2CCNC2=O)cc1. The van der Waals surface area contributed by atoms with E-state index in [1.165, 1.54) is 0 Å². The maximum absolute atomic E-state index is 12.1. The van der Waals surface area contributed by atoms with E-state index in [0.717, 1.165) is 11.3 Å². The largest absolute Gasteiger partial charge is 0.350 e. The third kappa shape index (κ3) is 3.78. The summed E-state index contributed by atoms with van der Waals surface area (Å²) in [5.74, 6) is -1.58. The van der Waals surface area contributed by atoms with Gasteiger partial charge < -0.3 is 10.6 Å². The standard InChI is InChI=1S/C17H20N4O4/c1-10(19-14(22)8-12-9-15(23)20-16(12)24)11-2-4-13(5-3-11)21-7-6-18-17(21)25/h2-5,10,12H,6-9H2,1H3,(H,18,25)(H,19,22)(H,20,23,24). The van der Waals surface area contributed by atoms with Gasteiger partial charge in [0.1, 0.15) is 0 Å². The van der Waals surface area contributed by atoms with Crippen LogP contribution in [0, 0.1) is 5.92 Å². The van der Waals surface area contributed by atoms with Crippen molar-refractivity contribution in [2.45, 2.75) is 25.8 Å². The van der Waals surface area contributed by atoms with E-state index in [0.29, 0.717) is 13.1 Å². The average molecular weight is 344 g/mol. The van der Waals surface area contributed by atoms with Crippen molar-refractivity contribution in [3.8, 4) is 0 Å². The summed E-state index contributed by atoms with van der Waals surface area (Å²) in [7, 11) is 0. The normalized spacial score (nSPS) is 21.1. The van der Waals surface area contributed by atoms with E-state index in [1.807, 2.05) is 31.2 Å². The van der Waals surface area contributed by atoms with E-state index < -0.39 is 5.92 Å². The highest BCUT2D eigenvalue weighted by atomic mass is 16.2. The van der Waals surface area contributed by atoms with Gasteiger partial charge in [0.2, 0.25) is 17.7 Å². The molecule has 2 saturated heterocycles. The molecular formula is C17H20N4O4. The van der Waals surface area contributed by atoms with E-state index >= 15 is 0 Å². The smallest absolute Gasteiger partial charge is 0.321 e. The second-order valence-electron chi connectivity index (χ2n) is 6.28. The van der Waals surface area contributed by atoms with Crippen LogP contribution in [0.1, 0.15) is 31.4 Å². The number of benzene rings is 1. The number of carbonyl (C=O) groups excluding carboxylic acids is 4. The van der Waals surface area contributed by atoms with E-state index in [4.69, 9.17) is 0 Å². The van der Waals surface area contributed by atoms with Crippen molar-refractivity contribution >= 4 is 29.4 Å². The van der Waals surface area contributed by atoms with Crippen molar-refractivity contribution in [3.05, 3.63) is 29.8 Å². The molecule has 2 aliphatic rings. The Morgan fingerprint density at radius 3 is 2.56 bits per heavy atom. The lowest BCUT2D eigenvalue weighted by Gasteiger charge is -2.18. The van der Waals surface area contributed by atoms with Gasteiger partial charge >= 0.3 is 6.03 Å². The van der Waals surface area contributed by atoms with Crippen LogP contribution >= 0.6 is 0 Å². The Bertz CT molecular complexity index is 716. The Morgan fingerprint density at radius 2 is 2.00 bits per heavy atom. The lowest BCUT2D eigenvalue weighted by molar-refractivity contribution is -0.129. The summed E-state index contributed by atoms with van der Waals surface area (Å²) in [6.07, 6.45) is 0.0567. The summed E-state index contributed by atoms with van der Waals surface area (Å²) in [4.78, 5) is 48.1. The van der Waals surface area contributed by atoms with Gasteiger partial charge in [0.25, 0.3) is 0 Å². The molecule has 0 radical (unpaired) electrons. The zero-order chi connectivity index (χ0) is 18.0. The first-order valence-corrected chi connectivity index (χ1v) is 8.22. The predicted octanol–water partition coefficient (Wildman–Crippen LogP) is 0.446. The Kier molecular flexibility index (Phi) is 4.69. The summed E-state index contributed by atoms with van der Waals surface area (Å²) in [5.41, 5.74) is 1.70. The summed E-state index contributed by atoms with van der Waals surface area (Å²) >= 11 is 0. The molecule has 8 heteroatoms. The van der Waals surface area contributed by atoms with Crippen LogP contribution in [0.3, 0.4) is 0 Å². The maximum Gasteiger partial charge on any atom is 0.321 e. The third-order valence-corrected chi connectivity index (χ3v) is 4.44.